The van der Waals surface area contributed by atoms with Gasteiger partial charge in [-0.1, -0.05) is 26.5 Å². The van der Waals surface area contributed by atoms with E-state index in [1.807, 2.05) is 19.9 Å². The molecule has 4 heterocycles. The SMILES string of the molecule is C=C(CCc1cc2nc(-c3ccc(OC)nc3)nc(N3CCOCC3)c2s1)N=C/C(=C\C)C(=O)NO.CC.C[N+](C)(C)CCO. The quantitative estimate of drug-likeness (QED) is 0.0919. The molecule has 1 aliphatic rings. The van der Waals surface area contributed by atoms with Crippen LogP contribution in [-0.2, 0) is 16.0 Å². The maximum absolute atomic E-state index is 11.6. The number of nitrogens with zero attached hydrogens (tertiary/aromatic N) is 6. The molecule has 0 unspecified atom stereocenters. The van der Waals surface area contributed by atoms with Crippen LogP contribution in [0.25, 0.3) is 21.6 Å². The highest BCUT2D eigenvalue weighted by Crippen LogP contribution is 2.35. The van der Waals surface area contributed by atoms with E-state index in [-0.39, 0.29) is 12.2 Å². The van der Waals surface area contributed by atoms with Crippen LogP contribution < -0.4 is 15.1 Å². The van der Waals surface area contributed by atoms with Gasteiger partial charge in [-0.2, -0.15) is 0 Å². The lowest BCUT2D eigenvalue weighted by atomic mass is 10.2. The number of aliphatic imine (C=N–C) groups is 1. The van der Waals surface area contributed by atoms with Crippen molar-refractivity contribution in [2.24, 2.45) is 4.99 Å². The lowest BCUT2D eigenvalue weighted by Crippen LogP contribution is -2.36. The Hall–Kier alpha value is -3.75. The number of likely N-dealkylation sites (N-methyl/N-ethyl adjacent to an activating group) is 1. The molecule has 1 saturated heterocycles. The van der Waals surface area contributed by atoms with E-state index in [1.165, 1.54) is 6.21 Å². The zero-order valence-electron chi connectivity index (χ0n) is 27.5. The fraction of sp³-hybridized carbons (Fsp3) is 0.469. The van der Waals surface area contributed by atoms with Crippen LogP contribution in [0.3, 0.4) is 0 Å². The van der Waals surface area contributed by atoms with Gasteiger partial charge in [0.25, 0.3) is 5.91 Å². The Morgan fingerprint density at radius 2 is 1.96 bits per heavy atom. The number of thiophene rings is 1. The Morgan fingerprint density at radius 1 is 1.24 bits per heavy atom. The summed E-state index contributed by atoms with van der Waals surface area (Å²) in [6.07, 6.45) is 6.01. The van der Waals surface area contributed by atoms with Gasteiger partial charge in [-0.05, 0) is 31.9 Å². The summed E-state index contributed by atoms with van der Waals surface area (Å²) in [5.41, 5.74) is 4.18. The predicted molar refractivity (Wildman–Crippen MR) is 181 cm³/mol. The fourth-order valence-corrected chi connectivity index (χ4v) is 5.07. The van der Waals surface area contributed by atoms with Crippen LogP contribution in [0.1, 0.15) is 32.1 Å². The molecule has 0 spiro atoms. The Labute approximate surface area is 270 Å². The molecule has 1 fully saturated rings. The van der Waals surface area contributed by atoms with E-state index in [2.05, 4.69) is 48.7 Å². The van der Waals surface area contributed by atoms with Gasteiger partial charge >= 0.3 is 0 Å². The van der Waals surface area contributed by atoms with Crippen LogP contribution in [0.15, 0.2) is 53.3 Å². The number of aliphatic hydroxyl groups excluding tert-OH is 1. The number of methoxy groups -OCH3 is 1. The second-order valence-electron chi connectivity index (χ2n) is 10.7. The van der Waals surface area contributed by atoms with Crippen LogP contribution in [0.5, 0.6) is 5.88 Å². The van der Waals surface area contributed by atoms with Gasteiger partial charge < -0.3 is 24.0 Å². The zero-order valence-corrected chi connectivity index (χ0v) is 28.4. The summed E-state index contributed by atoms with van der Waals surface area (Å²) in [6, 6.07) is 5.78. The first kappa shape index (κ1) is 37.4. The second kappa shape index (κ2) is 18.9. The zero-order chi connectivity index (χ0) is 33.4. The number of carbonyl (C=O) groups excluding carboxylic acids is 1. The van der Waals surface area contributed by atoms with Gasteiger partial charge in [0.2, 0.25) is 5.88 Å². The Bertz CT molecular complexity index is 1430. The van der Waals surface area contributed by atoms with E-state index in [0.29, 0.717) is 37.0 Å². The molecule has 1 aliphatic heterocycles. The number of aliphatic hydroxyl groups is 1. The third kappa shape index (κ3) is 11.9. The number of morpholine rings is 1. The number of hydroxylamine groups is 1. The first-order valence-corrected chi connectivity index (χ1v) is 15.8. The molecule has 0 radical (unpaired) electrons. The van der Waals surface area contributed by atoms with Crippen molar-refractivity contribution < 1.29 is 29.1 Å². The molecule has 3 N–H and O–H groups in total. The molecule has 4 rings (SSSR count). The maximum Gasteiger partial charge on any atom is 0.275 e. The maximum atomic E-state index is 11.6. The third-order valence-corrected chi connectivity index (χ3v) is 7.59. The van der Waals surface area contributed by atoms with Crippen molar-refractivity contribution >= 4 is 39.5 Å². The normalized spacial score (nSPS) is 13.5. The Morgan fingerprint density at radius 3 is 2.49 bits per heavy atom. The third-order valence-electron chi connectivity index (χ3n) is 6.41. The standard InChI is InChI=1S/C25H28N6O4S.C5H14NO.C2H6/c1-4-17(25(32)30-33)14-26-16(2)5-7-19-13-20-22(36-19)24(31-9-11-35-12-10-31)29-23(28-20)18-6-8-21(34-3)27-15-18;1-6(2,3)4-5-7;1-2/h4,6,8,13-15,33H,2,5,7,9-12H2,1,3H3,(H,30,32);7H,4-5H2,1-3H3;1-2H3/q;+1;/b17-4+,26-14?;;. The van der Waals surface area contributed by atoms with E-state index >= 15 is 0 Å². The molecule has 246 valence electrons. The summed E-state index contributed by atoms with van der Waals surface area (Å²) in [6.45, 7) is 13.6. The van der Waals surface area contributed by atoms with Gasteiger partial charge in [-0.15, -0.1) is 11.3 Å². The molecule has 13 heteroatoms. The summed E-state index contributed by atoms with van der Waals surface area (Å²) in [5, 5.41) is 17.2. The monoisotopic (exact) mass is 642 g/mol. The predicted octanol–water partition coefficient (Wildman–Crippen LogP) is 4.28. The number of allylic oxidation sites excluding steroid dienone is 2. The molecular weight excluding hydrogens is 594 g/mol. The molecular formula is C32H48N7O5S+. The summed E-state index contributed by atoms with van der Waals surface area (Å²) in [4.78, 5) is 33.3. The van der Waals surface area contributed by atoms with Gasteiger partial charge in [0, 0.05) is 47.7 Å². The highest BCUT2D eigenvalue weighted by atomic mass is 32.1. The molecule has 0 aliphatic carbocycles. The number of anilines is 1. The van der Waals surface area contributed by atoms with E-state index < -0.39 is 5.91 Å². The van der Waals surface area contributed by atoms with Crippen molar-refractivity contribution in [1.82, 2.24) is 20.4 Å². The average Bonchev–Trinajstić information content (AvgIpc) is 3.47. The molecule has 0 saturated carbocycles. The fourth-order valence-electron chi connectivity index (χ4n) is 3.96. The van der Waals surface area contributed by atoms with Crippen LogP contribution in [0.4, 0.5) is 5.82 Å². The van der Waals surface area contributed by atoms with Crippen LogP contribution >= 0.6 is 11.3 Å². The molecule has 0 atom stereocenters. The topological polar surface area (TPSA) is 142 Å². The van der Waals surface area contributed by atoms with Crippen molar-refractivity contribution in [2.45, 2.75) is 33.6 Å². The number of hydrogen-bond acceptors (Lipinski definition) is 11. The minimum Gasteiger partial charge on any atom is -0.481 e. The highest BCUT2D eigenvalue weighted by Gasteiger charge is 2.20. The largest absolute Gasteiger partial charge is 0.481 e. The van der Waals surface area contributed by atoms with Crippen LogP contribution in [0.2, 0.25) is 0 Å². The minimum absolute atomic E-state index is 0.256. The number of hydrogen-bond donors (Lipinski definition) is 3. The summed E-state index contributed by atoms with van der Waals surface area (Å²) >= 11 is 1.66. The van der Waals surface area contributed by atoms with Gasteiger partial charge in [-0.25, -0.2) is 20.4 Å². The van der Waals surface area contributed by atoms with Gasteiger partial charge in [0.1, 0.15) is 6.54 Å². The molecule has 0 bridgehead atoms. The Kier molecular flexibility index (Phi) is 15.7. The molecule has 3 aromatic heterocycles. The van der Waals surface area contributed by atoms with Crippen molar-refractivity contribution in [2.75, 3.05) is 72.6 Å². The molecule has 12 nitrogen and oxygen atoms in total. The van der Waals surface area contributed by atoms with E-state index in [1.54, 1.807) is 49.2 Å². The number of fused-ring (bicyclic) bond motifs is 1. The first-order valence-electron chi connectivity index (χ1n) is 15.0. The number of ether oxygens (including phenoxy) is 2. The van der Waals surface area contributed by atoms with E-state index in [0.717, 1.165) is 57.0 Å². The van der Waals surface area contributed by atoms with Crippen LogP contribution in [0, 0.1) is 0 Å². The van der Waals surface area contributed by atoms with Crippen molar-refractivity contribution in [3.63, 3.8) is 0 Å². The number of pyridine rings is 1. The lowest BCUT2D eigenvalue weighted by molar-refractivity contribution is -0.870. The number of quaternary nitrogens is 1. The minimum atomic E-state index is -0.615. The summed E-state index contributed by atoms with van der Waals surface area (Å²) in [7, 11) is 7.74. The molecule has 0 aromatic carbocycles. The number of rotatable bonds is 11. The number of carbonyl (C=O) groups is 1. The highest BCUT2D eigenvalue weighted by molar-refractivity contribution is 7.19. The van der Waals surface area contributed by atoms with E-state index in [9.17, 15) is 4.79 Å². The second-order valence-corrected chi connectivity index (χ2v) is 11.9. The molecule has 45 heavy (non-hydrogen) atoms. The van der Waals surface area contributed by atoms with E-state index in [4.69, 9.17) is 29.8 Å². The number of aryl methyl sites for hydroxylation is 1. The van der Waals surface area contributed by atoms with Crippen molar-refractivity contribution in [3.05, 3.63) is 53.2 Å². The number of nitrogens with one attached hydrogen (secondary N) is 1. The van der Waals surface area contributed by atoms with Crippen molar-refractivity contribution in [1.29, 1.82) is 0 Å². The summed E-state index contributed by atoms with van der Waals surface area (Å²) in [5.74, 6) is 1.43. The first-order chi connectivity index (χ1) is 21.6. The molecule has 1 amide bonds. The van der Waals surface area contributed by atoms with Crippen LogP contribution in [-0.4, -0.2) is 110 Å². The molecule has 3 aromatic rings. The number of aromatic nitrogens is 3. The smallest absolute Gasteiger partial charge is 0.275 e. The van der Waals surface area contributed by atoms with Gasteiger partial charge in [0.15, 0.2) is 11.6 Å². The average molecular weight is 643 g/mol. The van der Waals surface area contributed by atoms with Gasteiger partial charge in [-0.3, -0.25) is 15.0 Å². The Balaban J connectivity index is 0.000000692. The van der Waals surface area contributed by atoms with Crippen molar-refractivity contribution in [3.8, 4) is 17.3 Å². The lowest BCUT2D eigenvalue weighted by Gasteiger charge is -2.28. The summed E-state index contributed by atoms with van der Waals surface area (Å²) < 4.78 is 12.6. The number of amides is 1. The van der Waals surface area contributed by atoms with Gasteiger partial charge in [0.05, 0.1) is 63.9 Å².